The quantitative estimate of drug-likeness (QED) is 0.842. The van der Waals surface area contributed by atoms with Gasteiger partial charge >= 0.3 is 0 Å². The van der Waals surface area contributed by atoms with E-state index in [1.807, 2.05) is 4.90 Å². The average Bonchev–Trinajstić information content (AvgIpc) is 2.80. The Morgan fingerprint density at radius 3 is 2.58 bits per heavy atom. The molecule has 2 atom stereocenters. The smallest absolute Gasteiger partial charge is 0.223 e. The number of amides is 1. The highest BCUT2D eigenvalue weighted by Crippen LogP contribution is 2.28. The fourth-order valence-corrected chi connectivity index (χ4v) is 3.55. The molecule has 2 fully saturated rings. The number of carbonyl (C=O) groups is 2. The lowest BCUT2D eigenvalue weighted by Gasteiger charge is -2.27. The molecule has 1 amide bonds. The van der Waals surface area contributed by atoms with Crippen molar-refractivity contribution in [3.63, 3.8) is 0 Å². The lowest BCUT2D eigenvalue weighted by atomic mass is 10.1. The molecule has 7 heteroatoms. The van der Waals surface area contributed by atoms with Crippen LogP contribution in [0.3, 0.4) is 0 Å². The van der Waals surface area contributed by atoms with E-state index in [1.54, 1.807) is 0 Å². The summed E-state index contributed by atoms with van der Waals surface area (Å²) in [5.41, 5.74) is 0.109. The van der Waals surface area contributed by atoms with Crippen LogP contribution >= 0.6 is 12.4 Å². The number of carbonyl (C=O) groups excluding carboxylic acids is 2. The first-order valence-electron chi connectivity index (χ1n) is 8.06. The summed E-state index contributed by atoms with van der Waals surface area (Å²) in [7, 11) is 0. The molecule has 2 aliphatic rings. The molecule has 1 N–H and O–H groups in total. The van der Waals surface area contributed by atoms with Gasteiger partial charge in [-0.2, -0.15) is 0 Å². The summed E-state index contributed by atoms with van der Waals surface area (Å²) in [6.07, 6.45) is 3.10. The second-order valence-corrected chi connectivity index (χ2v) is 6.23. The Hall–Kier alpha value is -1.53. The van der Waals surface area contributed by atoms with Crippen molar-refractivity contribution < 1.29 is 18.4 Å². The normalized spacial score (nSPS) is 22.7. The Morgan fingerprint density at radius 1 is 1.08 bits per heavy atom. The third-order valence-corrected chi connectivity index (χ3v) is 4.75. The van der Waals surface area contributed by atoms with Crippen LogP contribution in [0.5, 0.6) is 0 Å². The fraction of sp³-hybridized carbons (Fsp3) is 0.529. The van der Waals surface area contributed by atoms with Crippen molar-refractivity contribution in [2.75, 3.05) is 13.1 Å². The minimum absolute atomic E-state index is 0. The molecule has 0 aliphatic carbocycles. The monoisotopic (exact) mass is 358 g/mol. The topological polar surface area (TPSA) is 49.4 Å². The number of fused-ring (bicyclic) bond motifs is 2. The van der Waals surface area contributed by atoms with Gasteiger partial charge in [0, 0.05) is 37.0 Å². The predicted molar refractivity (Wildman–Crippen MR) is 88.3 cm³/mol. The Kier molecular flexibility index (Phi) is 6.29. The number of hydrogen-bond acceptors (Lipinski definition) is 3. The van der Waals surface area contributed by atoms with Crippen molar-refractivity contribution in [1.29, 1.82) is 0 Å². The molecule has 2 saturated heterocycles. The number of ketones is 1. The van der Waals surface area contributed by atoms with Crippen LogP contribution in [0.15, 0.2) is 18.2 Å². The molecule has 132 valence electrons. The largest absolute Gasteiger partial charge is 0.335 e. The Balaban J connectivity index is 0.00000208. The number of Topliss-reactive ketones (excluding diaryl/α,β-unsaturated/α-hetero) is 1. The summed E-state index contributed by atoms with van der Waals surface area (Å²) in [5.74, 6) is -2.38. The summed E-state index contributed by atoms with van der Waals surface area (Å²) in [5, 5.41) is 3.33. The van der Waals surface area contributed by atoms with E-state index in [4.69, 9.17) is 0 Å². The number of rotatable bonds is 4. The zero-order valence-corrected chi connectivity index (χ0v) is 14.1. The van der Waals surface area contributed by atoms with Gasteiger partial charge in [0.15, 0.2) is 17.4 Å². The van der Waals surface area contributed by atoms with Crippen LogP contribution in [-0.2, 0) is 4.79 Å². The Bertz CT molecular complexity index is 613. The third kappa shape index (κ3) is 3.92. The second kappa shape index (κ2) is 8.03. The van der Waals surface area contributed by atoms with E-state index in [0.717, 1.165) is 44.5 Å². The van der Waals surface area contributed by atoms with E-state index in [0.29, 0.717) is 0 Å². The maximum atomic E-state index is 13.2. The Morgan fingerprint density at radius 2 is 1.83 bits per heavy atom. The van der Waals surface area contributed by atoms with Crippen LogP contribution < -0.4 is 5.32 Å². The van der Waals surface area contributed by atoms with Gasteiger partial charge < -0.3 is 10.2 Å². The molecule has 4 nitrogen and oxygen atoms in total. The highest BCUT2D eigenvalue weighted by molar-refractivity contribution is 5.98. The molecule has 1 aromatic carbocycles. The fourth-order valence-electron chi connectivity index (χ4n) is 3.55. The molecule has 0 saturated carbocycles. The van der Waals surface area contributed by atoms with E-state index in [9.17, 15) is 18.4 Å². The predicted octanol–water partition coefficient (Wildman–Crippen LogP) is 2.70. The minimum Gasteiger partial charge on any atom is -0.335 e. The highest BCUT2D eigenvalue weighted by Gasteiger charge is 2.37. The summed E-state index contributed by atoms with van der Waals surface area (Å²) < 4.78 is 26.1. The van der Waals surface area contributed by atoms with Crippen LogP contribution in [0.1, 0.15) is 42.5 Å². The molecule has 24 heavy (non-hydrogen) atoms. The van der Waals surface area contributed by atoms with Gasteiger partial charge in [-0.15, -0.1) is 12.4 Å². The molecule has 3 rings (SSSR count). The summed E-state index contributed by atoms with van der Waals surface area (Å²) in [6.45, 7) is 1.72. The van der Waals surface area contributed by atoms with Gasteiger partial charge in [0.2, 0.25) is 5.91 Å². The third-order valence-electron chi connectivity index (χ3n) is 4.75. The summed E-state index contributed by atoms with van der Waals surface area (Å²) in [4.78, 5) is 26.5. The molecule has 0 spiro atoms. The number of halogens is 3. The first-order valence-corrected chi connectivity index (χ1v) is 8.06. The van der Waals surface area contributed by atoms with E-state index < -0.39 is 11.6 Å². The molecular formula is C17H21ClF2N2O2. The first kappa shape index (κ1) is 18.8. The molecule has 0 aromatic heterocycles. The van der Waals surface area contributed by atoms with Gasteiger partial charge in [0.05, 0.1) is 0 Å². The maximum absolute atomic E-state index is 13.2. The van der Waals surface area contributed by atoms with Gasteiger partial charge in [-0.3, -0.25) is 9.59 Å². The van der Waals surface area contributed by atoms with Crippen molar-refractivity contribution in [3.8, 4) is 0 Å². The van der Waals surface area contributed by atoms with Crippen molar-refractivity contribution in [2.24, 2.45) is 0 Å². The summed E-state index contributed by atoms with van der Waals surface area (Å²) >= 11 is 0. The van der Waals surface area contributed by atoms with E-state index in [1.165, 1.54) is 6.07 Å². The standard InChI is InChI=1S/C17H20F2N2O2.ClH/c18-14-4-1-11(9-15(14)19)16(22)5-6-17(23)21-12-2-3-13(21)10-20-8-7-12;/h1,4,9,12-13,20H,2-3,5-8,10H2;1H. The van der Waals surface area contributed by atoms with E-state index >= 15 is 0 Å². The lowest BCUT2D eigenvalue weighted by Crippen LogP contribution is -2.42. The highest BCUT2D eigenvalue weighted by atomic mass is 35.5. The first-order chi connectivity index (χ1) is 11.1. The van der Waals surface area contributed by atoms with Gasteiger partial charge in [-0.05, 0) is 44.0 Å². The molecule has 1 aromatic rings. The van der Waals surface area contributed by atoms with Gasteiger partial charge in [-0.1, -0.05) is 0 Å². The van der Waals surface area contributed by atoms with Gasteiger partial charge in [0.25, 0.3) is 0 Å². The van der Waals surface area contributed by atoms with Crippen molar-refractivity contribution in [1.82, 2.24) is 10.2 Å². The van der Waals surface area contributed by atoms with Crippen LogP contribution in [-0.4, -0.2) is 41.8 Å². The molecule has 2 aliphatic heterocycles. The number of benzene rings is 1. The van der Waals surface area contributed by atoms with Crippen molar-refractivity contribution in [3.05, 3.63) is 35.4 Å². The second-order valence-electron chi connectivity index (χ2n) is 6.23. The molecule has 2 heterocycles. The molecular weight excluding hydrogens is 338 g/mol. The zero-order chi connectivity index (χ0) is 16.4. The molecule has 0 radical (unpaired) electrons. The van der Waals surface area contributed by atoms with Gasteiger partial charge in [-0.25, -0.2) is 8.78 Å². The summed E-state index contributed by atoms with van der Waals surface area (Å²) in [6, 6.07) is 3.56. The van der Waals surface area contributed by atoms with E-state index in [-0.39, 0.29) is 54.6 Å². The SMILES string of the molecule is Cl.O=C(CCC(=O)N1C2CCNCC1CC2)c1ccc(F)c(F)c1. The van der Waals surface area contributed by atoms with Crippen molar-refractivity contribution >= 4 is 24.1 Å². The van der Waals surface area contributed by atoms with Crippen LogP contribution in [0.25, 0.3) is 0 Å². The van der Waals surface area contributed by atoms with Gasteiger partial charge in [0.1, 0.15) is 0 Å². The lowest BCUT2D eigenvalue weighted by molar-refractivity contribution is -0.133. The van der Waals surface area contributed by atoms with Crippen molar-refractivity contribution in [2.45, 2.75) is 44.2 Å². The number of nitrogens with zero attached hydrogens (tertiary/aromatic N) is 1. The number of hydrogen-bond donors (Lipinski definition) is 1. The molecule has 2 unspecified atom stereocenters. The maximum Gasteiger partial charge on any atom is 0.223 e. The molecule has 2 bridgehead atoms. The van der Waals surface area contributed by atoms with E-state index in [2.05, 4.69) is 5.32 Å². The zero-order valence-electron chi connectivity index (χ0n) is 13.3. The van der Waals surface area contributed by atoms with Crippen LogP contribution in [0.4, 0.5) is 8.78 Å². The van der Waals surface area contributed by atoms with Crippen LogP contribution in [0, 0.1) is 11.6 Å². The van der Waals surface area contributed by atoms with Crippen LogP contribution in [0.2, 0.25) is 0 Å². The number of nitrogens with one attached hydrogen (secondary N) is 1. The minimum atomic E-state index is -1.04. The average molecular weight is 359 g/mol. The Labute approximate surface area is 146 Å².